The summed E-state index contributed by atoms with van der Waals surface area (Å²) in [4.78, 5) is 2.07. The van der Waals surface area contributed by atoms with Gasteiger partial charge in [-0.15, -0.1) is 0 Å². The van der Waals surface area contributed by atoms with Crippen molar-refractivity contribution >= 4 is 17.1 Å². The van der Waals surface area contributed by atoms with E-state index in [1.165, 1.54) is 0 Å². The van der Waals surface area contributed by atoms with E-state index < -0.39 is 5.79 Å². The lowest BCUT2D eigenvalue weighted by atomic mass is 9.87. The van der Waals surface area contributed by atoms with Crippen molar-refractivity contribution in [2.75, 3.05) is 23.0 Å². The lowest BCUT2D eigenvalue weighted by Crippen LogP contribution is -2.65. The molecule has 0 saturated carbocycles. The highest BCUT2D eigenvalue weighted by molar-refractivity contribution is 5.80. The zero-order valence-electron chi connectivity index (χ0n) is 10.3. The highest BCUT2D eigenvalue weighted by atomic mass is 15.4. The summed E-state index contributed by atoms with van der Waals surface area (Å²) in [7, 11) is 2.00. The van der Waals surface area contributed by atoms with Gasteiger partial charge in [-0.25, -0.2) is 0 Å². The molecule has 1 heterocycles. The molecule has 1 aromatic rings. The van der Waals surface area contributed by atoms with Crippen LogP contribution in [-0.4, -0.2) is 12.8 Å². The Kier molecular flexibility index (Phi) is 2.11. The molecule has 0 amide bonds. The molecule has 0 aliphatic carbocycles. The molecule has 1 atom stereocenters. The lowest BCUT2D eigenvalue weighted by Gasteiger charge is -2.44. The molecule has 0 spiro atoms. The second-order valence-electron chi connectivity index (χ2n) is 5.48. The largest absolute Gasteiger partial charge is 0.399 e. The Morgan fingerprint density at radius 2 is 1.94 bits per heavy atom. The molecule has 0 radical (unpaired) electrons. The van der Waals surface area contributed by atoms with Crippen molar-refractivity contribution in [1.29, 1.82) is 0 Å². The average Bonchev–Trinajstić information content (AvgIpc) is 2.39. The van der Waals surface area contributed by atoms with Crippen LogP contribution in [0.3, 0.4) is 0 Å². The van der Waals surface area contributed by atoms with Crippen molar-refractivity contribution in [2.45, 2.75) is 26.6 Å². The molecule has 16 heavy (non-hydrogen) atoms. The predicted molar refractivity (Wildman–Crippen MR) is 69.3 cm³/mol. The number of fused-ring (bicyclic) bond motifs is 1. The third kappa shape index (κ3) is 1.33. The first-order valence-corrected chi connectivity index (χ1v) is 5.46. The van der Waals surface area contributed by atoms with Crippen molar-refractivity contribution in [1.82, 2.24) is 0 Å². The van der Waals surface area contributed by atoms with Crippen LogP contribution in [0.2, 0.25) is 0 Å². The second kappa shape index (κ2) is 3.04. The molecule has 0 fully saturated rings. The van der Waals surface area contributed by atoms with E-state index in [-0.39, 0.29) is 5.41 Å². The Hall–Kier alpha value is -1.42. The fourth-order valence-electron chi connectivity index (χ4n) is 2.12. The van der Waals surface area contributed by atoms with Gasteiger partial charge in [-0.3, -0.25) is 5.73 Å². The highest BCUT2D eigenvalue weighted by Crippen LogP contribution is 2.44. The quantitative estimate of drug-likeness (QED) is 0.583. The van der Waals surface area contributed by atoms with Gasteiger partial charge in [0.1, 0.15) is 0 Å². The van der Waals surface area contributed by atoms with Crippen LogP contribution >= 0.6 is 0 Å². The van der Waals surface area contributed by atoms with Gasteiger partial charge in [0.15, 0.2) is 5.79 Å². The average molecular weight is 220 g/mol. The van der Waals surface area contributed by atoms with Crippen LogP contribution in [-0.2, 0) is 0 Å². The summed E-state index contributed by atoms with van der Waals surface area (Å²) in [6.07, 6.45) is 0. The first kappa shape index (κ1) is 11.1. The van der Waals surface area contributed by atoms with E-state index in [1.54, 1.807) is 0 Å². The van der Waals surface area contributed by atoms with Gasteiger partial charge < -0.3 is 16.0 Å². The van der Waals surface area contributed by atoms with E-state index in [4.69, 9.17) is 11.5 Å². The Bertz CT molecular complexity index is 422. The molecule has 1 aliphatic heterocycles. The standard InChI is InChI=1S/C12H20N4/c1-11(2,3)12(14)15-9-7-8(13)5-6-10(9)16(12)4/h5-7,15H,13-14H2,1-4H3. The maximum atomic E-state index is 6.45. The first-order valence-electron chi connectivity index (χ1n) is 5.46. The molecule has 1 aliphatic rings. The minimum atomic E-state index is -0.580. The summed E-state index contributed by atoms with van der Waals surface area (Å²) in [6.45, 7) is 6.35. The molecule has 4 heteroatoms. The van der Waals surface area contributed by atoms with Gasteiger partial charge in [-0.2, -0.15) is 0 Å². The molecule has 1 unspecified atom stereocenters. The predicted octanol–water partition coefficient (Wildman–Crippen LogP) is 1.79. The summed E-state index contributed by atoms with van der Waals surface area (Å²) in [6, 6.07) is 5.82. The Morgan fingerprint density at radius 1 is 1.31 bits per heavy atom. The number of hydrogen-bond donors (Lipinski definition) is 3. The van der Waals surface area contributed by atoms with Crippen LogP contribution < -0.4 is 21.7 Å². The van der Waals surface area contributed by atoms with Crippen LogP contribution in [0, 0.1) is 5.41 Å². The van der Waals surface area contributed by atoms with Gasteiger partial charge in [0, 0.05) is 18.2 Å². The van der Waals surface area contributed by atoms with E-state index in [9.17, 15) is 0 Å². The number of rotatable bonds is 0. The Balaban J connectivity index is 2.48. The minimum Gasteiger partial charge on any atom is -0.399 e. The summed E-state index contributed by atoms with van der Waals surface area (Å²) in [5.41, 5.74) is 15.0. The molecule has 0 saturated heterocycles. The normalized spacial score (nSPS) is 24.2. The van der Waals surface area contributed by atoms with Crippen LogP contribution in [0.5, 0.6) is 0 Å². The van der Waals surface area contributed by atoms with E-state index in [2.05, 4.69) is 31.0 Å². The first-order chi connectivity index (χ1) is 7.25. The lowest BCUT2D eigenvalue weighted by molar-refractivity contribution is 0.224. The molecule has 88 valence electrons. The van der Waals surface area contributed by atoms with Crippen LogP contribution in [0.4, 0.5) is 17.1 Å². The summed E-state index contributed by atoms with van der Waals surface area (Å²) in [5, 5.41) is 3.37. The van der Waals surface area contributed by atoms with Crippen LogP contribution in [0.25, 0.3) is 0 Å². The van der Waals surface area contributed by atoms with Gasteiger partial charge >= 0.3 is 0 Å². The maximum Gasteiger partial charge on any atom is 0.169 e. The van der Waals surface area contributed by atoms with Crippen molar-refractivity contribution in [3.8, 4) is 0 Å². The second-order valence-corrected chi connectivity index (χ2v) is 5.48. The molecule has 2 rings (SSSR count). The minimum absolute atomic E-state index is 0.0878. The van der Waals surface area contributed by atoms with Crippen LogP contribution in [0.15, 0.2) is 18.2 Å². The van der Waals surface area contributed by atoms with Gasteiger partial charge in [0.25, 0.3) is 0 Å². The molecule has 1 aromatic carbocycles. The number of anilines is 3. The fourth-order valence-corrected chi connectivity index (χ4v) is 2.12. The van der Waals surface area contributed by atoms with E-state index in [1.807, 2.05) is 25.2 Å². The number of nitrogens with zero attached hydrogens (tertiary/aromatic N) is 1. The molecule has 0 bridgehead atoms. The Morgan fingerprint density at radius 3 is 2.50 bits per heavy atom. The van der Waals surface area contributed by atoms with Crippen molar-refractivity contribution in [3.63, 3.8) is 0 Å². The topological polar surface area (TPSA) is 67.3 Å². The SMILES string of the molecule is CN1c2ccc(N)cc2NC1(N)C(C)(C)C. The monoisotopic (exact) mass is 220 g/mol. The van der Waals surface area contributed by atoms with E-state index >= 15 is 0 Å². The zero-order chi connectivity index (χ0) is 12.1. The van der Waals surface area contributed by atoms with Crippen molar-refractivity contribution in [2.24, 2.45) is 11.1 Å². The number of benzene rings is 1. The smallest absolute Gasteiger partial charge is 0.169 e. The molecule has 5 N–H and O–H groups in total. The number of nitrogen functional groups attached to an aromatic ring is 1. The Labute approximate surface area is 96.6 Å². The molecule has 4 nitrogen and oxygen atoms in total. The van der Waals surface area contributed by atoms with Gasteiger partial charge in [0.2, 0.25) is 0 Å². The summed E-state index contributed by atoms with van der Waals surface area (Å²) < 4.78 is 0. The van der Waals surface area contributed by atoms with E-state index in [0.717, 1.165) is 17.1 Å². The number of nitrogens with two attached hydrogens (primary N) is 2. The summed E-state index contributed by atoms with van der Waals surface area (Å²) >= 11 is 0. The van der Waals surface area contributed by atoms with Gasteiger partial charge in [0.05, 0.1) is 11.4 Å². The van der Waals surface area contributed by atoms with Gasteiger partial charge in [-0.05, 0) is 18.2 Å². The summed E-state index contributed by atoms with van der Waals surface area (Å²) in [5.74, 6) is -0.580. The molecular weight excluding hydrogens is 200 g/mol. The van der Waals surface area contributed by atoms with Gasteiger partial charge in [-0.1, -0.05) is 20.8 Å². The van der Waals surface area contributed by atoms with E-state index in [0.29, 0.717) is 0 Å². The third-order valence-corrected chi connectivity index (χ3v) is 3.38. The number of nitrogens with one attached hydrogen (secondary N) is 1. The third-order valence-electron chi connectivity index (χ3n) is 3.38. The molecule has 0 aromatic heterocycles. The van der Waals surface area contributed by atoms with Crippen molar-refractivity contribution < 1.29 is 0 Å². The zero-order valence-corrected chi connectivity index (χ0v) is 10.3. The van der Waals surface area contributed by atoms with Crippen LogP contribution in [0.1, 0.15) is 20.8 Å². The fraction of sp³-hybridized carbons (Fsp3) is 0.500. The highest BCUT2D eigenvalue weighted by Gasteiger charge is 2.47. The van der Waals surface area contributed by atoms with Crippen molar-refractivity contribution in [3.05, 3.63) is 18.2 Å². The number of hydrogen-bond acceptors (Lipinski definition) is 4. The maximum absolute atomic E-state index is 6.45. The molecular formula is C12H20N4.